The van der Waals surface area contributed by atoms with E-state index in [1.54, 1.807) is 36.9 Å². The van der Waals surface area contributed by atoms with Gasteiger partial charge in [-0.25, -0.2) is 8.42 Å². The Labute approximate surface area is 249 Å². The van der Waals surface area contributed by atoms with Gasteiger partial charge in [0.25, 0.3) is 0 Å². The number of fused-ring (bicyclic) bond motifs is 1. The quantitative estimate of drug-likeness (QED) is 0.215. The Balaban J connectivity index is 1.64. The smallest absolute Gasteiger partial charge is 0.416 e. The van der Waals surface area contributed by atoms with Crippen LogP contribution in [0, 0.1) is 0 Å². The minimum Gasteiger partial charge on any atom is -0.493 e. The molecule has 43 heavy (non-hydrogen) atoms. The first-order chi connectivity index (χ1) is 20.3. The molecule has 230 valence electrons. The van der Waals surface area contributed by atoms with Crippen LogP contribution in [0.3, 0.4) is 0 Å². The van der Waals surface area contributed by atoms with E-state index in [-0.39, 0.29) is 13.1 Å². The zero-order valence-electron chi connectivity index (χ0n) is 24.3. The third-order valence-corrected chi connectivity index (χ3v) is 9.15. The van der Waals surface area contributed by atoms with Crippen molar-refractivity contribution < 1.29 is 35.9 Å². The van der Waals surface area contributed by atoms with Gasteiger partial charge in [-0.2, -0.15) is 17.5 Å². The number of methoxy groups -OCH3 is 2. The number of H-pyrrole nitrogens is 1. The predicted molar refractivity (Wildman–Crippen MR) is 157 cm³/mol. The molecule has 4 rings (SSSR count). The van der Waals surface area contributed by atoms with E-state index in [0.717, 1.165) is 44.5 Å². The summed E-state index contributed by atoms with van der Waals surface area (Å²) >= 11 is 0. The minimum absolute atomic E-state index is 0.136. The van der Waals surface area contributed by atoms with Crippen LogP contribution in [0.2, 0.25) is 0 Å². The number of benzene rings is 3. The van der Waals surface area contributed by atoms with Crippen LogP contribution in [-0.4, -0.2) is 61.9 Å². The third-order valence-electron chi connectivity index (χ3n) is 7.14. The molecule has 1 N–H and O–H groups in total. The zero-order valence-corrected chi connectivity index (χ0v) is 25.1. The monoisotopic (exact) mass is 617 g/mol. The summed E-state index contributed by atoms with van der Waals surface area (Å²) in [5.74, 6) is 0.486. The van der Waals surface area contributed by atoms with Crippen LogP contribution in [0.5, 0.6) is 11.5 Å². The first kappa shape index (κ1) is 31.9. The largest absolute Gasteiger partial charge is 0.493 e. The number of amides is 1. The highest BCUT2D eigenvalue weighted by Gasteiger charge is 2.35. The van der Waals surface area contributed by atoms with Crippen LogP contribution in [0.4, 0.5) is 13.2 Å². The van der Waals surface area contributed by atoms with Crippen molar-refractivity contribution in [1.82, 2.24) is 14.2 Å². The average molecular weight is 618 g/mol. The van der Waals surface area contributed by atoms with Gasteiger partial charge in [0.15, 0.2) is 11.5 Å². The van der Waals surface area contributed by atoms with Crippen molar-refractivity contribution in [2.75, 3.05) is 27.3 Å². The minimum atomic E-state index is -4.72. The standard InChI is InChI=1S/C31H34F3N3O5S/c1-21(2)37(43(39,40)25-9-7-8-24(17-25)31(32,33)34)20-30(38)36(19-22-12-13-28(41-3)29(16-22)42-4)15-14-23-18-35-27-11-6-5-10-26(23)27/h5-13,16-18,21,35H,14-15,19-20H2,1-4H3. The lowest BCUT2D eigenvalue weighted by atomic mass is 10.1. The van der Waals surface area contributed by atoms with Gasteiger partial charge < -0.3 is 19.4 Å². The van der Waals surface area contributed by atoms with E-state index < -0.39 is 45.2 Å². The van der Waals surface area contributed by atoms with Crippen molar-refractivity contribution in [3.05, 3.63) is 89.6 Å². The SMILES string of the molecule is COc1ccc(CN(CCc2c[nH]c3ccccc23)C(=O)CN(C(C)C)S(=O)(=O)c2cccc(C(F)(F)F)c2)cc1OC. The fourth-order valence-corrected chi connectivity index (χ4v) is 6.46. The molecule has 0 aliphatic heterocycles. The number of carbonyl (C=O) groups is 1. The van der Waals surface area contributed by atoms with Crippen molar-refractivity contribution in [3.8, 4) is 11.5 Å². The van der Waals surface area contributed by atoms with E-state index in [1.807, 2.05) is 30.5 Å². The van der Waals surface area contributed by atoms with Gasteiger partial charge in [-0.05, 0) is 67.8 Å². The van der Waals surface area contributed by atoms with Gasteiger partial charge in [0.2, 0.25) is 15.9 Å². The second-order valence-corrected chi connectivity index (χ2v) is 12.2. The molecule has 0 saturated carbocycles. The topological polar surface area (TPSA) is 91.9 Å². The molecular formula is C31H34F3N3O5S. The summed E-state index contributed by atoms with van der Waals surface area (Å²) in [6.45, 7) is 2.98. The average Bonchev–Trinajstić information content (AvgIpc) is 3.40. The number of aromatic nitrogens is 1. The fourth-order valence-electron chi connectivity index (χ4n) is 4.83. The van der Waals surface area contributed by atoms with Gasteiger partial charge in [-0.3, -0.25) is 4.79 Å². The molecule has 0 aliphatic rings. The van der Waals surface area contributed by atoms with E-state index in [2.05, 4.69) is 4.98 Å². The van der Waals surface area contributed by atoms with E-state index >= 15 is 0 Å². The second kappa shape index (κ2) is 13.1. The molecule has 12 heteroatoms. The Kier molecular flexibility index (Phi) is 9.71. The van der Waals surface area contributed by atoms with Gasteiger partial charge in [0.1, 0.15) is 0 Å². The number of para-hydroxylation sites is 1. The number of nitrogens with one attached hydrogen (secondary N) is 1. The molecule has 1 heterocycles. The normalized spacial score (nSPS) is 12.2. The fraction of sp³-hybridized carbons (Fsp3) is 0.323. The highest BCUT2D eigenvalue weighted by molar-refractivity contribution is 7.89. The number of alkyl halides is 3. The van der Waals surface area contributed by atoms with Gasteiger partial charge in [0.05, 0.1) is 31.2 Å². The zero-order chi connectivity index (χ0) is 31.4. The molecule has 0 radical (unpaired) electrons. The second-order valence-electron chi connectivity index (χ2n) is 10.3. The molecular weight excluding hydrogens is 583 g/mol. The Morgan fingerprint density at radius 3 is 2.35 bits per heavy atom. The molecule has 8 nitrogen and oxygen atoms in total. The molecule has 0 atom stereocenters. The maximum absolute atomic E-state index is 13.8. The van der Waals surface area contributed by atoms with E-state index in [1.165, 1.54) is 14.2 Å². The van der Waals surface area contributed by atoms with E-state index in [0.29, 0.717) is 24.0 Å². The number of nitrogens with zero attached hydrogens (tertiary/aromatic N) is 2. The first-order valence-electron chi connectivity index (χ1n) is 13.6. The lowest BCUT2D eigenvalue weighted by molar-refractivity contribution is -0.137. The lowest BCUT2D eigenvalue weighted by Crippen LogP contribution is -2.46. The molecule has 0 unspecified atom stereocenters. The van der Waals surface area contributed by atoms with Crippen LogP contribution in [0.25, 0.3) is 10.9 Å². The number of sulfonamides is 1. The summed E-state index contributed by atoms with van der Waals surface area (Å²) < 4.78 is 78.8. The Morgan fingerprint density at radius 1 is 0.953 bits per heavy atom. The molecule has 4 aromatic rings. The molecule has 0 saturated heterocycles. The number of carbonyl (C=O) groups excluding carboxylic acids is 1. The summed E-state index contributed by atoms with van der Waals surface area (Å²) in [6.07, 6.45) is -2.37. The Hall–Kier alpha value is -4.03. The van der Waals surface area contributed by atoms with Gasteiger partial charge in [-0.15, -0.1) is 0 Å². The Bertz CT molecular complexity index is 1690. The van der Waals surface area contributed by atoms with Crippen LogP contribution in [0.1, 0.15) is 30.5 Å². The van der Waals surface area contributed by atoms with Crippen molar-refractivity contribution in [1.29, 1.82) is 0 Å². The van der Waals surface area contributed by atoms with Gasteiger partial charge in [0, 0.05) is 36.2 Å². The molecule has 0 fully saturated rings. The van der Waals surface area contributed by atoms with E-state index in [4.69, 9.17) is 9.47 Å². The molecule has 0 aliphatic carbocycles. The van der Waals surface area contributed by atoms with Crippen LogP contribution in [0.15, 0.2) is 77.8 Å². The number of hydrogen-bond acceptors (Lipinski definition) is 5. The highest BCUT2D eigenvalue weighted by atomic mass is 32.2. The van der Waals surface area contributed by atoms with Crippen LogP contribution in [-0.2, 0) is 34.0 Å². The maximum Gasteiger partial charge on any atom is 0.416 e. The van der Waals surface area contributed by atoms with Gasteiger partial charge in [-0.1, -0.05) is 30.3 Å². The highest BCUT2D eigenvalue weighted by Crippen LogP contribution is 2.32. The summed E-state index contributed by atoms with van der Waals surface area (Å²) in [5, 5.41) is 1.01. The molecule has 1 aromatic heterocycles. The van der Waals surface area contributed by atoms with Crippen LogP contribution < -0.4 is 9.47 Å². The van der Waals surface area contributed by atoms with Crippen molar-refractivity contribution in [2.45, 2.75) is 43.9 Å². The number of rotatable bonds is 12. The number of halogens is 3. The van der Waals surface area contributed by atoms with Crippen molar-refractivity contribution in [2.24, 2.45) is 0 Å². The van der Waals surface area contributed by atoms with Crippen LogP contribution >= 0.6 is 0 Å². The molecule has 0 bridgehead atoms. The molecule has 1 amide bonds. The van der Waals surface area contributed by atoms with Crippen molar-refractivity contribution >= 4 is 26.8 Å². The lowest BCUT2D eigenvalue weighted by Gasteiger charge is -2.30. The first-order valence-corrected chi connectivity index (χ1v) is 15.0. The maximum atomic E-state index is 13.8. The summed E-state index contributed by atoms with van der Waals surface area (Å²) in [6, 6.07) is 15.8. The van der Waals surface area contributed by atoms with Gasteiger partial charge >= 0.3 is 6.18 Å². The van der Waals surface area contributed by atoms with E-state index in [9.17, 15) is 26.4 Å². The Morgan fingerprint density at radius 2 is 1.67 bits per heavy atom. The summed E-state index contributed by atoms with van der Waals surface area (Å²) in [7, 11) is -1.43. The molecule has 0 spiro atoms. The summed E-state index contributed by atoms with van der Waals surface area (Å²) in [5.41, 5.74) is 1.57. The molecule has 3 aromatic carbocycles. The predicted octanol–water partition coefficient (Wildman–Crippen LogP) is 5.87. The number of aromatic amines is 1. The number of ether oxygens (including phenoxy) is 2. The number of hydrogen-bond donors (Lipinski definition) is 1. The third kappa shape index (κ3) is 7.31. The van der Waals surface area contributed by atoms with Crippen molar-refractivity contribution in [3.63, 3.8) is 0 Å². The summed E-state index contributed by atoms with van der Waals surface area (Å²) in [4.78, 5) is 18.1.